The average Bonchev–Trinajstić information content (AvgIpc) is 2.42. The summed E-state index contributed by atoms with van der Waals surface area (Å²) in [5, 5.41) is 12.0. The van der Waals surface area contributed by atoms with E-state index in [1.54, 1.807) is 29.2 Å². The van der Waals surface area contributed by atoms with Crippen molar-refractivity contribution in [3.63, 3.8) is 0 Å². The third-order valence-corrected chi connectivity index (χ3v) is 2.93. The van der Waals surface area contributed by atoms with E-state index in [0.717, 1.165) is 5.57 Å². The molecule has 2 rings (SSSR count). The summed E-state index contributed by atoms with van der Waals surface area (Å²) >= 11 is 5.75. The van der Waals surface area contributed by atoms with Gasteiger partial charge in [0.15, 0.2) is 0 Å². The second-order valence-electron chi connectivity index (χ2n) is 4.06. The van der Waals surface area contributed by atoms with E-state index in [-0.39, 0.29) is 0 Å². The smallest absolute Gasteiger partial charge is 0.411 e. The molecule has 0 atom stereocenters. The van der Waals surface area contributed by atoms with Crippen LogP contribution < -0.4 is 4.74 Å². The lowest BCUT2D eigenvalue weighted by Gasteiger charge is -2.25. The van der Waals surface area contributed by atoms with Crippen molar-refractivity contribution in [2.45, 2.75) is 6.42 Å². The van der Waals surface area contributed by atoms with Crippen molar-refractivity contribution < 1.29 is 14.7 Å². The molecule has 0 unspecified atom stereocenters. The van der Waals surface area contributed by atoms with Crippen LogP contribution in [0.3, 0.4) is 0 Å². The lowest BCUT2D eigenvalue weighted by Crippen LogP contribution is -2.38. The summed E-state index contributed by atoms with van der Waals surface area (Å²) in [5.41, 5.74) is 0.779. The van der Waals surface area contributed by atoms with Gasteiger partial charge in [-0.05, 0) is 36.3 Å². The van der Waals surface area contributed by atoms with E-state index in [9.17, 15) is 4.79 Å². The van der Waals surface area contributed by atoms with Crippen LogP contribution in [-0.2, 0) is 0 Å². The molecule has 1 aromatic rings. The molecule has 0 radical (unpaired) electrons. The van der Waals surface area contributed by atoms with E-state index in [2.05, 4.69) is 5.16 Å². The number of hydrogen-bond donors (Lipinski definition) is 1. The SMILES string of the molecule is O=C(Oc1ccc(Cl)cc1)N1CCC=C(C=NO)C1. The number of benzene rings is 1. The van der Waals surface area contributed by atoms with Crippen molar-refractivity contribution in [1.29, 1.82) is 0 Å². The molecule has 6 heteroatoms. The predicted molar refractivity (Wildman–Crippen MR) is 72.0 cm³/mol. The molecular weight excluding hydrogens is 268 g/mol. The highest BCUT2D eigenvalue weighted by Gasteiger charge is 2.19. The summed E-state index contributed by atoms with van der Waals surface area (Å²) in [7, 11) is 0. The Hall–Kier alpha value is -2.01. The molecule has 0 bridgehead atoms. The van der Waals surface area contributed by atoms with Gasteiger partial charge in [-0.25, -0.2) is 4.79 Å². The molecule has 5 nitrogen and oxygen atoms in total. The highest BCUT2D eigenvalue weighted by molar-refractivity contribution is 6.30. The van der Waals surface area contributed by atoms with Gasteiger partial charge in [-0.15, -0.1) is 0 Å². The lowest BCUT2D eigenvalue weighted by atomic mass is 10.1. The van der Waals surface area contributed by atoms with Gasteiger partial charge in [0.05, 0.1) is 12.8 Å². The number of nitrogens with zero attached hydrogens (tertiary/aromatic N) is 2. The van der Waals surface area contributed by atoms with Crippen molar-refractivity contribution in [3.05, 3.63) is 40.9 Å². The van der Waals surface area contributed by atoms with Crippen molar-refractivity contribution in [1.82, 2.24) is 4.90 Å². The number of carbonyl (C=O) groups is 1. The molecule has 0 spiro atoms. The zero-order chi connectivity index (χ0) is 13.7. The Morgan fingerprint density at radius 1 is 1.42 bits per heavy atom. The summed E-state index contributed by atoms with van der Waals surface area (Å²) in [5.74, 6) is 0.446. The number of halogens is 1. The highest BCUT2D eigenvalue weighted by atomic mass is 35.5. The quantitative estimate of drug-likeness (QED) is 0.515. The monoisotopic (exact) mass is 280 g/mol. The number of carbonyl (C=O) groups excluding carboxylic acids is 1. The molecular formula is C13H13ClN2O3. The van der Waals surface area contributed by atoms with Crippen LogP contribution in [0, 0.1) is 0 Å². The maximum absolute atomic E-state index is 11.9. The minimum atomic E-state index is -0.431. The van der Waals surface area contributed by atoms with E-state index < -0.39 is 6.09 Å². The number of hydrogen-bond acceptors (Lipinski definition) is 4. The van der Waals surface area contributed by atoms with Crippen LogP contribution in [0.4, 0.5) is 4.79 Å². The Morgan fingerprint density at radius 2 is 2.16 bits per heavy atom. The minimum Gasteiger partial charge on any atom is -0.411 e. The summed E-state index contributed by atoms with van der Waals surface area (Å²) in [4.78, 5) is 13.5. The number of rotatable bonds is 2. The van der Waals surface area contributed by atoms with Gasteiger partial charge in [0, 0.05) is 11.6 Å². The van der Waals surface area contributed by atoms with Crippen LogP contribution in [0.25, 0.3) is 0 Å². The van der Waals surface area contributed by atoms with Crippen LogP contribution >= 0.6 is 11.6 Å². The molecule has 19 heavy (non-hydrogen) atoms. The van der Waals surface area contributed by atoms with Gasteiger partial charge >= 0.3 is 6.09 Å². The van der Waals surface area contributed by atoms with Gasteiger partial charge in [-0.1, -0.05) is 22.8 Å². The van der Waals surface area contributed by atoms with Crippen molar-refractivity contribution >= 4 is 23.9 Å². The van der Waals surface area contributed by atoms with Crippen LogP contribution in [0.5, 0.6) is 5.75 Å². The molecule has 0 saturated heterocycles. The first-order valence-corrected chi connectivity index (χ1v) is 6.15. The van der Waals surface area contributed by atoms with E-state index >= 15 is 0 Å². The maximum Gasteiger partial charge on any atom is 0.415 e. The lowest BCUT2D eigenvalue weighted by molar-refractivity contribution is 0.156. The molecule has 1 aliphatic heterocycles. The molecule has 0 fully saturated rings. The van der Waals surface area contributed by atoms with Crippen molar-refractivity contribution in [2.24, 2.45) is 5.16 Å². The largest absolute Gasteiger partial charge is 0.415 e. The summed E-state index contributed by atoms with van der Waals surface area (Å²) in [6.07, 6.45) is 3.52. The molecule has 1 amide bonds. The molecule has 0 aromatic heterocycles. The van der Waals surface area contributed by atoms with E-state index in [1.165, 1.54) is 6.21 Å². The Bertz CT molecular complexity index is 511. The first-order valence-electron chi connectivity index (χ1n) is 5.78. The molecule has 0 aliphatic carbocycles. The van der Waals surface area contributed by atoms with E-state index in [0.29, 0.717) is 30.3 Å². The fourth-order valence-corrected chi connectivity index (χ4v) is 1.89. The molecule has 100 valence electrons. The van der Waals surface area contributed by atoms with Gasteiger partial charge in [0.25, 0.3) is 0 Å². The first kappa shape index (κ1) is 13.4. The Morgan fingerprint density at radius 3 is 2.84 bits per heavy atom. The van der Waals surface area contributed by atoms with E-state index in [1.807, 2.05) is 6.08 Å². The van der Waals surface area contributed by atoms with E-state index in [4.69, 9.17) is 21.5 Å². The fraction of sp³-hybridized carbons (Fsp3) is 0.231. The Balaban J connectivity index is 1.97. The Labute approximate surface area is 115 Å². The molecule has 1 heterocycles. The Kier molecular flexibility index (Phi) is 4.41. The molecule has 1 aliphatic rings. The van der Waals surface area contributed by atoms with Gasteiger partial charge in [-0.3, -0.25) is 0 Å². The highest BCUT2D eigenvalue weighted by Crippen LogP contribution is 2.17. The van der Waals surface area contributed by atoms with Crippen LogP contribution in [0.15, 0.2) is 41.1 Å². The predicted octanol–water partition coefficient (Wildman–Crippen LogP) is 2.93. The molecule has 1 N–H and O–H groups in total. The summed E-state index contributed by atoms with van der Waals surface area (Å²) < 4.78 is 5.23. The van der Waals surface area contributed by atoms with Crippen molar-refractivity contribution in [2.75, 3.05) is 13.1 Å². The molecule has 0 saturated carbocycles. The second-order valence-corrected chi connectivity index (χ2v) is 4.49. The number of oxime groups is 1. The minimum absolute atomic E-state index is 0.372. The third kappa shape index (κ3) is 3.72. The standard InChI is InChI=1S/C13H13ClN2O3/c14-11-3-5-12(6-4-11)19-13(17)16-7-1-2-10(9-16)8-15-18/h2-6,8,18H,1,7,9H2. The zero-order valence-electron chi connectivity index (χ0n) is 10.1. The topological polar surface area (TPSA) is 62.1 Å². The third-order valence-electron chi connectivity index (χ3n) is 2.68. The van der Waals surface area contributed by atoms with Gasteiger partial charge in [-0.2, -0.15) is 0 Å². The first-order chi connectivity index (χ1) is 9.19. The van der Waals surface area contributed by atoms with Crippen LogP contribution in [-0.4, -0.2) is 35.5 Å². The zero-order valence-corrected chi connectivity index (χ0v) is 10.9. The van der Waals surface area contributed by atoms with Crippen LogP contribution in [0.1, 0.15) is 6.42 Å². The number of amides is 1. The average molecular weight is 281 g/mol. The summed E-state index contributed by atoms with van der Waals surface area (Å²) in [6.45, 7) is 0.950. The van der Waals surface area contributed by atoms with Gasteiger partial charge in [0.1, 0.15) is 5.75 Å². The number of ether oxygens (including phenoxy) is 1. The van der Waals surface area contributed by atoms with Gasteiger partial charge in [0.2, 0.25) is 0 Å². The van der Waals surface area contributed by atoms with Crippen molar-refractivity contribution in [3.8, 4) is 5.75 Å². The second kappa shape index (κ2) is 6.24. The van der Waals surface area contributed by atoms with Gasteiger partial charge < -0.3 is 14.8 Å². The summed E-state index contributed by atoms with van der Waals surface area (Å²) in [6, 6.07) is 6.58. The molecule has 1 aromatic carbocycles. The van der Waals surface area contributed by atoms with Crippen LogP contribution in [0.2, 0.25) is 5.02 Å². The normalized spacial score (nSPS) is 15.4. The maximum atomic E-state index is 11.9. The fourth-order valence-electron chi connectivity index (χ4n) is 1.76.